The second-order valence-corrected chi connectivity index (χ2v) is 5.95. The summed E-state index contributed by atoms with van der Waals surface area (Å²) in [5.41, 5.74) is 4.26. The second kappa shape index (κ2) is 7.32. The Morgan fingerprint density at radius 3 is 2.42 bits per heavy atom. The van der Waals surface area contributed by atoms with E-state index in [0.717, 1.165) is 26.1 Å². The average Bonchev–Trinajstić information content (AvgIpc) is 2.63. The molecule has 4 heteroatoms. The minimum absolute atomic E-state index is 0.298. The lowest BCUT2D eigenvalue weighted by molar-refractivity contribution is 0.0600. The van der Waals surface area contributed by atoms with Gasteiger partial charge in [-0.15, -0.1) is 0 Å². The van der Waals surface area contributed by atoms with Gasteiger partial charge < -0.3 is 9.84 Å². The van der Waals surface area contributed by atoms with E-state index in [1.54, 1.807) is 12.1 Å². The van der Waals surface area contributed by atoms with Crippen molar-refractivity contribution in [3.63, 3.8) is 0 Å². The minimum Gasteiger partial charge on any atom is -0.508 e. The lowest BCUT2D eigenvalue weighted by atomic mass is 9.99. The van der Waals surface area contributed by atoms with Crippen LogP contribution in [0.25, 0.3) is 5.57 Å². The summed E-state index contributed by atoms with van der Waals surface area (Å²) in [6.07, 6.45) is 3.24. The maximum Gasteiger partial charge on any atom is 0.337 e. The molecule has 1 N–H and O–H groups in total. The highest BCUT2D eigenvalue weighted by Crippen LogP contribution is 2.24. The molecule has 0 amide bonds. The first-order chi connectivity index (χ1) is 11.7. The van der Waals surface area contributed by atoms with E-state index in [1.165, 1.54) is 23.8 Å². The fourth-order valence-electron chi connectivity index (χ4n) is 2.91. The number of hydrogen-bond acceptors (Lipinski definition) is 4. The smallest absolute Gasteiger partial charge is 0.337 e. The molecule has 0 saturated heterocycles. The number of methoxy groups -OCH3 is 1. The highest BCUT2D eigenvalue weighted by atomic mass is 16.5. The van der Waals surface area contributed by atoms with Crippen LogP contribution >= 0.6 is 0 Å². The fraction of sp³-hybridized carbons (Fsp3) is 0.250. The van der Waals surface area contributed by atoms with Crippen LogP contribution in [0.3, 0.4) is 0 Å². The number of ether oxygens (including phenoxy) is 1. The SMILES string of the molecule is COC(=O)c1ccc(CN2CC=C(c3ccc(O)cc3)CC2)cc1. The van der Waals surface area contributed by atoms with Gasteiger partial charge in [0.25, 0.3) is 0 Å². The Hall–Kier alpha value is -2.59. The van der Waals surface area contributed by atoms with Crippen LogP contribution in [0.5, 0.6) is 5.75 Å². The molecule has 124 valence electrons. The maximum atomic E-state index is 11.5. The number of hydrogen-bond donors (Lipinski definition) is 1. The number of nitrogens with zero attached hydrogens (tertiary/aromatic N) is 1. The van der Waals surface area contributed by atoms with Gasteiger partial charge in [-0.3, -0.25) is 4.90 Å². The third-order valence-corrected chi connectivity index (χ3v) is 4.31. The van der Waals surface area contributed by atoms with Crippen LogP contribution < -0.4 is 0 Å². The van der Waals surface area contributed by atoms with Crippen LogP contribution in [0, 0.1) is 0 Å². The molecule has 0 aromatic heterocycles. The van der Waals surface area contributed by atoms with Crippen molar-refractivity contribution in [1.82, 2.24) is 4.90 Å². The first-order valence-electron chi connectivity index (χ1n) is 8.04. The van der Waals surface area contributed by atoms with Gasteiger partial charge in [-0.25, -0.2) is 4.79 Å². The van der Waals surface area contributed by atoms with E-state index in [1.807, 2.05) is 36.4 Å². The highest BCUT2D eigenvalue weighted by Gasteiger charge is 2.13. The molecule has 0 bridgehead atoms. The van der Waals surface area contributed by atoms with Gasteiger partial charge in [-0.05, 0) is 47.4 Å². The van der Waals surface area contributed by atoms with E-state index in [2.05, 4.69) is 11.0 Å². The van der Waals surface area contributed by atoms with E-state index < -0.39 is 0 Å². The van der Waals surface area contributed by atoms with E-state index in [9.17, 15) is 9.90 Å². The minimum atomic E-state index is -0.305. The van der Waals surface area contributed by atoms with Gasteiger partial charge in [0.15, 0.2) is 0 Å². The number of phenols is 1. The Kier molecular flexibility index (Phi) is 4.96. The third-order valence-electron chi connectivity index (χ3n) is 4.31. The molecule has 0 atom stereocenters. The zero-order chi connectivity index (χ0) is 16.9. The number of rotatable bonds is 4. The van der Waals surface area contributed by atoms with Crippen molar-refractivity contribution in [2.45, 2.75) is 13.0 Å². The predicted octanol–water partition coefficient (Wildman–Crippen LogP) is 3.47. The topological polar surface area (TPSA) is 49.8 Å². The predicted molar refractivity (Wildman–Crippen MR) is 93.8 cm³/mol. The lowest BCUT2D eigenvalue weighted by Gasteiger charge is -2.26. The summed E-state index contributed by atoms with van der Waals surface area (Å²) in [6, 6.07) is 14.9. The molecule has 2 aromatic rings. The third kappa shape index (κ3) is 3.84. The summed E-state index contributed by atoms with van der Waals surface area (Å²) in [7, 11) is 1.39. The zero-order valence-corrected chi connectivity index (χ0v) is 13.7. The van der Waals surface area contributed by atoms with Crippen molar-refractivity contribution in [3.05, 3.63) is 71.3 Å². The molecule has 4 nitrogen and oxygen atoms in total. The molecule has 0 unspecified atom stereocenters. The molecule has 1 aliphatic rings. The molecule has 0 radical (unpaired) electrons. The van der Waals surface area contributed by atoms with E-state index >= 15 is 0 Å². The normalized spacial score (nSPS) is 15.0. The molecule has 24 heavy (non-hydrogen) atoms. The van der Waals surface area contributed by atoms with Gasteiger partial charge in [0.1, 0.15) is 5.75 Å². The highest BCUT2D eigenvalue weighted by molar-refractivity contribution is 5.89. The standard InChI is InChI=1S/C20H21NO3/c1-24-20(23)18-4-2-15(3-5-18)14-21-12-10-17(11-13-21)16-6-8-19(22)9-7-16/h2-10,22H,11-14H2,1H3. The van der Waals surface area contributed by atoms with Crippen LogP contribution in [0.2, 0.25) is 0 Å². The number of benzene rings is 2. The molecular weight excluding hydrogens is 302 g/mol. The number of esters is 1. The number of carbonyl (C=O) groups excluding carboxylic acids is 1. The molecule has 0 fully saturated rings. The summed E-state index contributed by atoms with van der Waals surface area (Å²) >= 11 is 0. The van der Waals surface area contributed by atoms with Gasteiger partial charge in [-0.1, -0.05) is 30.3 Å². The zero-order valence-electron chi connectivity index (χ0n) is 13.7. The summed E-state index contributed by atoms with van der Waals surface area (Å²) in [5.74, 6) is -0.00631. The van der Waals surface area contributed by atoms with Crippen LogP contribution in [-0.2, 0) is 11.3 Å². The van der Waals surface area contributed by atoms with Crippen molar-refractivity contribution in [1.29, 1.82) is 0 Å². The average molecular weight is 323 g/mol. The van der Waals surface area contributed by atoms with Gasteiger partial charge in [0.05, 0.1) is 12.7 Å². The maximum absolute atomic E-state index is 11.5. The van der Waals surface area contributed by atoms with Crippen molar-refractivity contribution >= 4 is 11.5 Å². The molecule has 0 aliphatic carbocycles. The lowest BCUT2D eigenvalue weighted by Crippen LogP contribution is -2.28. The number of phenolic OH excluding ortho intramolecular Hbond substituents is 1. The first kappa shape index (κ1) is 16.3. The Balaban J connectivity index is 1.60. The quantitative estimate of drug-likeness (QED) is 0.875. The van der Waals surface area contributed by atoms with E-state index in [4.69, 9.17) is 4.74 Å². The molecule has 0 saturated carbocycles. The molecule has 3 rings (SSSR count). The van der Waals surface area contributed by atoms with Crippen LogP contribution in [0.15, 0.2) is 54.6 Å². The fourth-order valence-corrected chi connectivity index (χ4v) is 2.91. The van der Waals surface area contributed by atoms with Gasteiger partial charge in [0.2, 0.25) is 0 Å². The van der Waals surface area contributed by atoms with Crippen LogP contribution in [0.4, 0.5) is 0 Å². The summed E-state index contributed by atoms with van der Waals surface area (Å²) < 4.78 is 4.71. The summed E-state index contributed by atoms with van der Waals surface area (Å²) in [5, 5.41) is 9.37. The van der Waals surface area contributed by atoms with Crippen molar-refractivity contribution in [2.24, 2.45) is 0 Å². The molecule has 0 spiro atoms. The Labute approximate surface area is 142 Å². The van der Waals surface area contributed by atoms with Crippen molar-refractivity contribution in [2.75, 3.05) is 20.2 Å². The first-order valence-corrected chi connectivity index (χ1v) is 8.04. The Morgan fingerprint density at radius 2 is 1.83 bits per heavy atom. The Morgan fingerprint density at radius 1 is 1.12 bits per heavy atom. The Bertz CT molecular complexity index is 732. The van der Waals surface area contributed by atoms with Gasteiger partial charge in [-0.2, -0.15) is 0 Å². The van der Waals surface area contributed by atoms with Crippen LogP contribution in [-0.4, -0.2) is 36.2 Å². The molecular formula is C20H21NO3. The largest absolute Gasteiger partial charge is 0.508 e. The number of carbonyl (C=O) groups is 1. The number of aromatic hydroxyl groups is 1. The summed E-state index contributed by atoms with van der Waals surface area (Å²) in [6.45, 7) is 2.75. The van der Waals surface area contributed by atoms with E-state index in [0.29, 0.717) is 11.3 Å². The molecule has 1 heterocycles. The molecule has 2 aromatic carbocycles. The summed E-state index contributed by atoms with van der Waals surface area (Å²) in [4.78, 5) is 13.8. The van der Waals surface area contributed by atoms with E-state index in [-0.39, 0.29) is 5.97 Å². The van der Waals surface area contributed by atoms with Gasteiger partial charge in [0, 0.05) is 19.6 Å². The van der Waals surface area contributed by atoms with Crippen molar-refractivity contribution < 1.29 is 14.6 Å². The van der Waals surface area contributed by atoms with Crippen LogP contribution in [0.1, 0.15) is 27.9 Å². The monoisotopic (exact) mass is 323 g/mol. The van der Waals surface area contributed by atoms with Crippen molar-refractivity contribution in [3.8, 4) is 5.75 Å². The molecule has 1 aliphatic heterocycles. The van der Waals surface area contributed by atoms with Gasteiger partial charge >= 0.3 is 5.97 Å². The second-order valence-electron chi connectivity index (χ2n) is 5.95.